The summed E-state index contributed by atoms with van der Waals surface area (Å²) in [6, 6.07) is 0. The number of nitrogens with zero attached hydrogens (tertiary/aromatic N) is 3. The highest BCUT2D eigenvalue weighted by atomic mass is 16.2. The minimum atomic E-state index is 0.000625. The van der Waals surface area contributed by atoms with Crippen molar-refractivity contribution >= 4 is 17.7 Å². The van der Waals surface area contributed by atoms with Crippen LogP contribution in [0.3, 0.4) is 0 Å². The Morgan fingerprint density at radius 3 is 2.77 bits per heavy atom. The van der Waals surface area contributed by atoms with Crippen molar-refractivity contribution in [2.45, 2.75) is 38.5 Å². The second-order valence-electron chi connectivity index (χ2n) is 8.70. The van der Waals surface area contributed by atoms with Crippen molar-refractivity contribution in [3.8, 4) is 0 Å². The van der Waals surface area contributed by atoms with E-state index in [0.29, 0.717) is 37.9 Å². The number of hydrogen-bond acceptors (Lipinski definition) is 4. The fourth-order valence-electron chi connectivity index (χ4n) is 4.75. The zero-order chi connectivity index (χ0) is 18.1. The first-order valence-electron chi connectivity index (χ1n) is 10.1. The number of carbonyl (C=O) groups is 3. The molecule has 0 unspecified atom stereocenters. The van der Waals surface area contributed by atoms with Gasteiger partial charge in [-0.3, -0.25) is 19.3 Å². The van der Waals surface area contributed by atoms with Gasteiger partial charge in [-0.15, -0.1) is 0 Å². The molecule has 0 bridgehead atoms. The molecule has 1 aliphatic carbocycles. The lowest BCUT2D eigenvalue weighted by Crippen LogP contribution is -2.57. The number of rotatable bonds is 4. The third kappa shape index (κ3) is 4.03. The third-order valence-corrected chi connectivity index (χ3v) is 6.41. The predicted octanol–water partition coefficient (Wildman–Crippen LogP) is 0.0594. The van der Waals surface area contributed by atoms with E-state index in [1.54, 1.807) is 0 Å². The minimum absolute atomic E-state index is 0.000625. The van der Waals surface area contributed by atoms with Crippen LogP contribution in [-0.2, 0) is 14.4 Å². The van der Waals surface area contributed by atoms with Crippen LogP contribution >= 0.6 is 0 Å². The molecule has 1 saturated carbocycles. The predicted molar refractivity (Wildman–Crippen MR) is 96.2 cm³/mol. The van der Waals surface area contributed by atoms with Gasteiger partial charge in [0.2, 0.25) is 17.7 Å². The second-order valence-corrected chi connectivity index (χ2v) is 8.70. The lowest BCUT2D eigenvalue weighted by atomic mass is 9.73. The van der Waals surface area contributed by atoms with Crippen molar-refractivity contribution in [2.24, 2.45) is 11.3 Å². The Hall–Kier alpha value is -1.63. The van der Waals surface area contributed by atoms with E-state index < -0.39 is 0 Å². The Morgan fingerprint density at radius 1 is 1.15 bits per heavy atom. The standard InChI is InChI=1S/C19H30N4O3/c24-16-11-21(9-7-20-16)12-18(26)22-8-1-5-19(13-22)6-4-17(25)23(14-19)10-15-2-3-15/h15H,1-14H2,(H,20,24)/t19-/m1/s1. The zero-order valence-corrected chi connectivity index (χ0v) is 15.5. The van der Waals surface area contributed by atoms with Crippen molar-refractivity contribution < 1.29 is 14.4 Å². The third-order valence-electron chi connectivity index (χ3n) is 6.41. The average Bonchev–Trinajstić information content (AvgIpc) is 3.43. The number of amides is 3. The molecule has 4 fully saturated rings. The molecule has 7 nitrogen and oxygen atoms in total. The molecule has 0 aromatic carbocycles. The van der Waals surface area contributed by atoms with Gasteiger partial charge < -0.3 is 15.1 Å². The summed E-state index contributed by atoms with van der Waals surface area (Å²) >= 11 is 0. The Kier molecular flexibility index (Phi) is 4.90. The van der Waals surface area contributed by atoms with Crippen LogP contribution in [0.4, 0.5) is 0 Å². The molecule has 1 N–H and O–H groups in total. The Bertz CT molecular complexity index is 591. The lowest BCUT2D eigenvalue weighted by Gasteiger charge is -2.48. The van der Waals surface area contributed by atoms with E-state index in [4.69, 9.17) is 0 Å². The van der Waals surface area contributed by atoms with E-state index in [2.05, 4.69) is 10.2 Å². The normalized spacial score (nSPS) is 30.6. The van der Waals surface area contributed by atoms with Crippen LogP contribution in [0.25, 0.3) is 0 Å². The summed E-state index contributed by atoms with van der Waals surface area (Å²) in [5.74, 6) is 1.14. The SMILES string of the molecule is O=C1CN(CC(=O)N2CCC[C@@]3(CCC(=O)N(CC4CC4)C3)C2)CCN1. The van der Waals surface area contributed by atoms with Gasteiger partial charge in [0.15, 0.2) is 0 Å². The van der Waals surface area contributed by atoms with Crippen LogP contribution in [-0.4, -0.2) is 84.8 Å². The highest BCUT2D eigenvalue weighted by molar-refractivity contribution is 5.82. The molecule has 3 saturated heterocycles. The summed E-state index contributed by atoms with van der Waals surface area (Å²) in [6.45, 7) is 5.30. The topological polar surface area (TPSA) is 73.0 Å². The van der Waals surface area contributed by atoms with Gasteiger partial charge in [-0.1, -0.05) is 0 Å². The molecule has 1 spiro atoms. The molecule has 0 radical (unpaired) electrons. The molecule has 144 valence electrons. The number of likely N-dealkylation sites (tertiary alicyclic amines) is 2. The largest absolute Gasteiger partial charge is 0.354 e. The number of hydrogen-bond donors (Lipinski definition) is 1. The van der Waals surface area contributed by atoms with E-state index in [9.17, 15) is 14.4 Å². The summed E-state index contributed by atoms with van der Waals surface area (Å²) in [4.78, 5) is 42.6. The van der Waals surface area contributed by atoms with Crippen LogP contribution < -0.4 is 5.32 Å². The van der Waals surface area contributed by atoms with Gasteiger partial charge in [-0.2, -0.15) is 0 Å². The van der Waals surface area contributed by atoms with Gasteiger partial charge in [0, 0.05) is 51.1 Å². The highest BCUT2D eigenvalue weighted by Crippen LogP contribution is 2.40. The van der Waals surface area contributed by atoms with Crippen molar-refractivity contribution in [1.29, 1.82) is 0 Å². The molecule has 4 aliphatic rings. The van der Waals surface area contributed by atoms with E-state index in [1.807, 2.05) is 9.80 Å². The molecule has 3 amide bonds. The maximum Gasteiger partial charge on any atom is 0.236 e. The maximum atomic E-state index is 12.8. The van der Waals surface area contributed by atoms with Gasteiger partial charge >= 0.3 is 0 Å². The molecule has 3 heterocycles. The van der Waals surface area contributed by atoms with E-state index >= 15 is 0 Å². The Morgan fingerprint density at radius 2 is 2.00 bits per heavy atom. The molecule has 0 aromatic rings. The highest BCUT2D eigenvalue weighted by Gasteiger charge is 2.43. The Labute approximate surface area is 155 Å². The number of carbonyl (C=O) groups excluding carboxylic acids is 3. The second kappa shape index (κ2) is 7.18. The molecule has 26 heavy (non-hydrogen) atoms. The average molecular weight is 362 g/mol. The van der Waals surface area contributed by atoms with Crippen molar-refractivity contribution in [1.82, 2.24) is 20.0 Å². The fourth-order valence-corrected chi connectivity index (χ4v) is 4.75. The lowest BCUT2D eigenvalue weighted by molar-refractivity contribution is -0.143. The summed E-state index contributed by atoms with van der Waals surface area (Å²) in [5, 5.41) is 2.80. The zero-order valence-electron chi connectivity index (χ0n) is 15.5. The molecule has 0 aromatic heterocycles. The van der Waals surface area contributed by atoms with Crippen LogP contribution in [0.5, 0.6) is 0 Å². The number of piperidine rings is 2. The van der Waals surface area contributed by atoms with Gasteiger partial charge in [0.1, 0.15) is 0 Å². The van der Waals surface area contributed by atoms with E-state index in [0.717, 1.165) is 52.0 Å². The number of piperazine rings is 1. The van der Waals surface area contributed by atoms with Gasteiger partial charge in [-0.25, -0.2) is 0 Å². The Balaban J connectivity index is 1.36. The fraction of sp³-hybridized carbons (Fsp3) is 0.842. The van der Waals surface area contributed by atoms with Gasteiger partial charge in [0.25, 0.3) is 0 Å². The first-order valence-corrected chi connectivity index (χ1v) is 10.1. The molecule has 7 heteroatoms. The molecular formula is C19H30N4O3. The first-order chi connectivity index (χ1) is 12.5. The van der Waals surface area contributed by atoms with Crippen LogP contribution in [0.15, 0.2) is 0 Å². The van der Waals surface area contributed by atoms with Gasteiger partial charge in [-0.05, 0) is 38.0 Å². The van der Waals surface area contributed by atoms with Crippen molar-refractivity contribution in [3.05, 3.63) is 0 Å². The van der Waals surface area contributed by atoms with Crippen LogP contribution in [0, 0.1) is 11.3 Å². The maximum absolute atomic E-state index is 12.8. The molecule has 1 atom stereocenters. The molecule has 4 rings (SSSR count). The van der Waals surface area contributed by atoms with Crippen molar-refractivity contribution in [2.75, 3.05) is 52.4 Å². The summed E-state index contributed by atoms with van der Waals surface area (Å²) in [7, 11) is 0. The monoisotopic (exact) mass is 362 g/mol. The summed E-state index contributed by atoms with van der Waals surface area (Å²) < 4.78 is 0. The summed E-state index contributed by atoms with van der Waals surface area (Å²) in [5.41, 5.74) is 0.0793. The molecular weight excluding hydrogens is 332 g/mol. The van der Waals surface area contributed by atoms with Gasteiger partial charge in [0.05, 0.1) is 13.1 Å². The molecule has 3 aliphatic heterocycles. The first kappa shape index (κ1) is 17.8. The number of nitrogens with one attached hydrogen (secondary N) is 1. The van der Waals surface area contributed by atoms with E-state index in [1.165, 1.54) is 12.8 Å². The smallest absolute Gasteiger partial charge is 0.236 e. The quantitative estimate of drug-likeness (QED) is 0.768. The van der Waals surface area contributed by atoms with Crippen molar-refractivity contribution in [3.63, 3.8) is 0 Å². The summed E-state index contributed by atoms with van der Waals surface area (Å²) in [6.07, 6.45) is 6.16. The van der Waals surface area contributed by atoms with E-state index in [-0.39, 0.29) is 17.2 Å². The van der Waals surface area contributed by atoms with Crippen LogP contribution in [0.2, 0.25) is 0 Å². The minimum Gasteiger partial charge on any atom is -0.354 e. The van der Waals surface area contributed by atoms with Crippen LogP contribution in [0.1, 0.15) is 38.5 Å².